The van der Waals surface area contributed by atoms with Crippen LogP contribution < -0.4 is 13.8 Å². The molecule has 2 aromatic rings. The van der Waals surface area contributed by atoms with Crippen molar-refractivity contribution in [2.75, 3.05) is 46.2 Å². The number of benzene rings is 2. The van der Waals surface area contributed by atoms with Crippen molar-refractivity contribution in [3.63, 3.8) is 0 Å². The van der Waals surface area contributed by atoms with Crippen molar-refractivity contribution in [2.45, 2.75) is 6.54 Å². The van der Waals surface area contributed by atoms with Crippen molar-refractivity contribution in [2.24, 2.45) is 0 Å². The van der Waals surface area contributed by atoms with Crippen LogP contribution >= 0.6 is 0 Å². The monoisotopic (exact) mass is 421 g/mol. The number of nitrogens with zero attached hydrogens (tertiary/aromatic N) is 3. The van der Waals surface area contributed by atoms with Crippen molar-refractivity contribution in [1.82, 2.24) is 9.21 Å². The number of hydrogen-bond donors (Lipinski definition) is 0. The van der Waals surface area contributed by atoms with Crippen LogP contribution in [0, 0.1) is 0 Å². The summed E-state index contributed by atoms with van der Waals surface area (Å²) in [7, 11) is 3.76. The lowest BCUT2D eigenvalue weighted by atomic mass is 10.2. The molecular weight excluding hydrogens is 394 g/mol. The Labute approximate surface area is 172 Å². The number of ether oxygens (including phenoxy) is 2. The second-order valence-corrected chi connectivity index (χ2v) is 8.64. The van der Waals surface area contributed by atoms with E-state index in [0.717, 1.165) is 14.2 Å². The zero-order valence-corrected chi connectivity index (χ0v) is 18.1. The molecule has 0 radical (unpaired) electrons. The van der Waals surface area contributed by atoms with Gasteiger partial charge in [-0.05, 0) is 29.8 Å². The van der Waals surface area contributed by atoms with Gasteiger partial charge in [0.2, 0.25) is 5.91 Å². The number of likely N-dealkylation sites (N-methyl/N-ethyl adjacent to an activating group) is 1. The average molecular weight is 422 g/mol. The lowest BCUT2D eigenvalue weighted by molar-refractivity contribution is -0.128. The van der Waals surface area contributed by atoms with Crippen LogP contribution in [0.2, 0.25) is 0 Å². The maximum absolute atomic E-state index is 12.8. The molecule has 0 bridgehead atoms. The molecule has 0 atom stereocenters. The smallest absolute Gasteiger partial charge is 0.304 e. The zero-order valence-electron chi connectivity index (χ0n) is 17.3. The molecule has 0 spiro atoms. The van der Waals surface area contributed by atoms with Gasteiger partial charge in [-0.15, -0.1) is 0 Å². The summed E-state index contributed by atoms with van der Waals surface area (Å²) in [5.74, 6) is 0.818. The number of hydrogen-bond acceptors (Lipinski definition) is 5. The fraction of sp³-hybridized carbons (Fsp3) is 0.350. The second kappa shape index (κ2) is 9.62. The van der Waals surface area contributed by atoms with Gasteiger partial charge in [0.05, 0.1) is 19.9 Å². The Kier molecular flexibility index (Phi) is 7.46. The number of methoxy groups -OCH3 is 2. The molecule has 2 rings (SSSR count). The first-order chi connectivity index (χ1) is 13.7. The SMILES string of the molecule is COc1ccc(CN(C)C(=O)CN(c2ccccc2)S(=O)(=O)N(C)C)cc1OC. The van der Waals surface area contributed by atoms with E-state index in [4.69, 9.17) is 9.47 Å². The third-order valence-corrected chi connectivity index (χ3v) is 6.18. The third-order valence-electron chi connectivity index (χ3n) is 4.36. The van der Waals surface area contributed by atoms with Crippen molar-refractivity contribution < 1.29 is 22.7 Å². The van der Waals surface area contributed by atoms with Gasteiger partial charge in [0, 0.05) is 27.7 Å². The van der Waals surface area contributed by atoms with Gasteiger partial charge in [0.1, 0.15) is 6.54 Å². The Balaban J connectivity index is 2.21. The molecule has 0 unspecified atom stereocenters. The van der Waals surface area contributed by atoms with Gasteiger partial charge in [-0.2, -0.15) is 12.7 Å². The van der Waals surface area contributed by atoms with E-state index in [-0.39, 0.29) is 12.5 Å². The molecule has 2 aromatic carbocycles. The fourth-order valence-electron chi connectivity index (χ4n) is 2.68. The van der Waals surface area contributed by atoms with Gasteiger partial charge in [-0.25, -0.2) is 4.31 Å². The van der Waals surface area contributed by atoms with Crippen molar-refractivity contribution >= 4 is 21.8 Å². The van der Waals surface area contributed by atoms with Crippen LogP contribution in [0.15, 0.2) is 48.5 Å². The zero-order chi connectivity index (χ0) is 21.6. The van der Waals surface area contributed by atoms with Gasteiger partial charge in [0.15, 0.2) is 11.5 Å². The van der Waals surface area contributed by atoms with Gasteiger partial charge in [-0.1, -0.05) is 24.3 Å². The van der Waals surface area contributed by atoms with E-state index in [1.807, 2.05) is 6.07 Å². The number of para-hydroxylation sites is 1. The third kappa shape index (κ3) is 5.39. The predicted octanol–water partition coefficient (Wildman–Crippen LogP) is 1.98. The number of anilines is 1. The Morgan fingerprint density at radius 2 is 1.55 bits per heavy atom. The summed E-state index contributed by atoms with van der Waals surface area (Å²) >= 11 is 0. The summed E-state index contributed by atoms with van der Waals surface area (Å²) in [6.45, 7) is -0.0157. The quantitative estimate of drug-likeness (QED) is 0.619. The summed E-state index contributed by atoms with van der Waals surface area (Å²) in [6, 6.07) is 13.9. The van der Waals surface area contributed by atoms with Crippen LogP contribution in [0.4, 0.5) is 5.69 Å². The molecule has 0 saturated carbocycles. The lowest BCUT2D eigenvalue weighted by Gasteiger charge is -2.28. The van der Waals surface area contributed by atoms with Crippen LogP contribution in [-0.4, -0.2) is 65.4 Å². The average Bonchev–Trinajstić information content (AvgIpc) is 2.71. The number of carbonyl (C=O) groups excluding carboxylic acids is 1. The van der Waals surface area contributed by atoms with E-state index in [0.29, 0.717) is 23.7 Å². The highest BCUT2D eigenvalue weighted by atomic mass is 32.2. The molecule has 0 aromatic heterocycles. The highest BCUT2D eigenvalue weighted by Crippen LogP contribution is 2.28. The molecule has 158 valence electrons. The fourth-order valence-corrected chi connectivity index (χ4v) is 3.74. The first-order valence-electron chi connectivity index (χ1n) is 8.90. The van der Waals surface area contributed by atoms with Crippen molar-refractivity contribution in [3.05, 3.63) is 54.1 Å². The molecule has 9 heteroatoms. The number of amides is 1. The Morgan fingerprint density at radius 3 is 2.10 bits per heavy atom. The number of carbonyl (C=O) groups is 1. The summed E-state index contributed by atoms with van der Waals surface area (Å²) < 4.78 is 38.2. The van der Waals surface area contributed by atoms with E-state index >= 15 is 0 Å². The predicted molar refractivity (Wildman–Crippen MR) is 112 cm³/mol. The first kappa shape index (κ1) is 22.5. The molecule has 0 heterocycles. The summed E-state index contributed by atoms with van der Waals surface area (Å²) in [5, 5.41) is 0. The van der Waals surface area contributed by atoms with Crippen molar-refractivity contribution in [3.8, 4) is 11.5 Å². The minimum Gasteiger partial charge on any atom is -0.493 e. The summed E-state index contributed by atoms with van der Waals surface area (Å²) in [6.07, 6.45) is 0. The molecule has 1 amide bonds. The molecule has 0 saturated heterocycles. The minimum absolute atomic E-state index is 0.295. The first-order valence-corrected chi connectivity index (χ1v) is 10.3. The van der Waals surface area contributed by atoms with Crippen LogP contribution in [0.1, 0.15) is 5.56 Å². The maximum Gasteiger partial charge on any atom is 0.304 e. The molecule has 0 fully saturated rings. The van der Waals surface area contributed by atoms with E-state index in [2.05, 4.69) is 0 Å². The van der Waals surface area contributed by atoms with Crippen LogP contribution in [0.25, 0.3) is 0 Å². The highest BCUT2D eigenvalue weighted by molar-refractivity contribution is 7.90. The van der Waals surface area contributed by atoms with Crippen molar-refractivity contribution in [1.29, 1.82) is 0 Å². The molecule has 0 aliphatic heterocycles. The molecule has 29 heavy (non-hydrogen) atoms. The van der Waals surface area contributed by atoms with Crippen LogP contribution in [0.5, 0.6) is 11.5 Å². The van der Waals surface area contributed by atoms with E-state index in [9.17, 15) is 13.2 Å². The highest BCUT2D eigenvalue weighted by Gasteiger charge is 2.28. The normalized spacial score (nSPS) is 11.2. The molecule has 8 nitrogen and oxygen atoms in total. The summed E-state index contributed by atoms with van der Waals surface area (Å²) in [4.78, 5) is 14.3. The molecule has 0 N–H and O–H groups in total. The summed E-state index contributed by atoms with van der Waals surface area (Å²) in [5.41, 5.74) is 1.26. The molecule has 0 aliphatic rings. The standard InChI is InChI=1S/C20H27N3O5S/c1-21(2)29(25,26)23(17-9-7-6-8-10-17)15-20(24)22(3)14-16-11-12-18(27-4)19(13-16)28-5/h6-13H,14-15H2,1-5H3. The Hall–Kier alpha value is -2.78. The maximum atomic E-state index is 12.8. The second-order valence-electron chi connectivity index (χ2n) is 6.57. The molecular formula is C20H27N3O5S. The lowest BCUT2D eigenvalue weighted by Crippen LogP contribution is -2.46. The van der Waals surface area contributed by atoms with E-state index in [1.54, 1.807) is 63.7 Å². The Morgan fingerprint density at radius 1 is 0.931 bits per heavy atom. The Bertz CT molecular complexity index is 932. The van der Waals surface area contributed by atoms with Gasteiger partial charge >= 0.3 is 10.2 Å². The largest absolute Gasteiger partial charge is 0.493 e. The number of rotatable bonds is 9. The topological polar surface area (TPSA) is 79.4 Å². The van der Waals surface area contributed by atoms with Gasteiger partial charge in [0.25, 0.3) is 0 Å². The van der Waals surface area contributed by atoms with Gasteiger partial charge < -0.3 is 14.4 Å². The van der Waals surface area contributed by atoms with E-state index < -0.39 is 10.2 Å². The minimum atomic E-state index is -3.83. The van der Waals surface area contributed by atoms with Gasteiger partial charge in [-0.3, -0.25) is 4.79 Å². The van der Waals surface area contributed by atoms with Crippen LogP contribution in [-0.2, 0) is 21.5 Å². The van der Waals surface area contributed by atoms with Crippen LogP contribution in [0.3, 0.4) is 0 Å². The molecule has 0 aliphatic carbocycles. The van der Waals surface area contributed by atoms with E-state index in [1.165, 1.54) is 19.0 Å².